The summed E-state index contributed by atoms with van der Waals surface area (Å²) in [5.74, 6) is 4.14. The summed E-state index contributed by atoms with van der Waals surface area (Å²) in [6.45, 7) is 2.44. The van der Waals surface area contributed by atoms with Crippen molar-refractivity contribution in [3.8, 4) is 23.0 Å². The molecule has 11 nitrogen and oxygen atoms in total. The largest absolute Gasteiger partial charge is 0.493 e. The fourth-order valence-electron chi connectivity index (χ4n) is 9.64. The molecule has 62 heavy (non-hydrogen) atoms. The van der Waals surface area contributed by atoms with E-state index in [1.165, 1.54) is 43.7 Å². The fraction of sp³-hybridized carbons (Fsp3) is 0.490. The summed E-state index contributed by atoms with van der Waals surface area (Å²) in [6.07, 6.45) is 19.0. The van der Waals surface area contributed by atoms with Gasteiger partial charge in [-0.3, -0.25) is 19.4 Å². The number of aromatic nitrogens is 1. The lowest BCUT2D eigenvalue weighted by atomic mass is 9.95. The van der Waals surface area contributed by atoms with Gasteiger partial charge in [0.25, 0.3) is 0 Å². The minimum absolute atomic E-state index is 0.00997. The van der Waals surface area contributed by atoms with Crippen molar-refractivity contribution in [2.75, 3.05) is 19.5 Å². The highest BCUT2D eigenvalue weighted by Gasteiger charge is 2.33. The van der Waals surface area contributed by atoms with Crippen LogP contribution >= 0.6 is 0 Å². The minimum Gasteiger partial charge on any atom is -0.493 e. The molecule has 1 heterocycles. The third-order valence-electron chi connectivity index (χ3n) is 13.1. The van der Waals surface area contributed by atoms with Gasteiger partial charge in [0.05, 0.1) is 26.4 Å². The molecule has 0 radical (unpaired) electrons. The molecular weight excluding hydrogens is 781 g/mol. The van der Waals surface area contributed by atoms with E-state index in [1.807, 2.05) is 48.5 Å². The molecule has 3 N–H and O–H groups in total. The Bertz CT molecular complexity index is 2100. The minimum atomic E-state index is -0.122. The normalized spacial score (nSPS) is 21.1. The summed E-state index contributed by atoms with van der Waals surface area (Å²) in [6, 6.07) is 23.9. The van der Waals surface area contributed by atoms with Crippen molar-refractivity contribution in [1.29, 1.82) is 0 Å². The zero-order valence-electron chi connectivity index (χ0n) is 36.7. The molecule has 3 amide bonds. The second-order valence-corrected chi connectivity index (χ2v) is 17.4. The average Bonchev–Trinajstić information content (AvgIpc) is 4.15. The lowest BCUT2D eigenvalue weighted by molar-refractivity contribution is -0.125. The van der Waals surface area contributed by atoms with Crippen LogP contribution < -0.4 is 34.9 Å². The molecule has 0 saturated heterocycles. The first-order valence-corrected chi connectivity index (χ1v) is 22.7. The molecule has 4 unspecified atom stereocenters. The van der Waals surface area contributed by atoms with E-state index < -0.39 is 0 Å². The Kier molecular flexibility index (Phi) is 15.8. The predicted octanol–water partition coefficient (Wildman–Crippen LogP) is 9.79. The van der Waals surface area contributed by atoms with E-state index >= 15 is 0 Å². The van der Waals surface area contributed by atoms with E-state index in [-0.39, 0.29) is 35.7 Å². The van der Waals surface area contributed by atoms with Crippen molar-refractivity contribution in [2.24, 2.45) is 11.8 Å². The van der Waals surface area contributed by atoms with Crippen LogP contribution in [0.15, 0.2) is 85.2 Å². The Labute approximate surface area is 367 Å². The van der Waals surface area contributed by atoms with E-state index in [0.29, 0.717) is 31.0 Å². The quantitative estimate of drug-likeness (QED) is 0.108. The van der Waals surface area contributed by atoms with Crippen LogP contribution in [0.4, 0.5) is 5.69 Å². The summed E-state index contributed by atoms with van der Waals surface area (Å²) in [5, 5.41) is 8.97. The van der Waals surface area contributed by atoms with Gasteiger partial charge >= 0.3 is 0 Å². The third-order valence-corrected chi connectivity index (χ3v) is 13.1. The van der Waals surface area contributed by atoms with Gasteiger partial charge in [0.2, 0.25) is 17.7 Å². The number of hydrogen-bond acceptors (Lipinski definition) is 8. The van der Waals surface area contributed by atoms with Crippen LogP contribution in [0.5, 0.6) is 23.0 Å². The summed E-state index contributed by atoms with van der Waals surface area (Å²) < 4.78 is 23.6. The number of nitrogens with zero attached hydrogens (tertiary/aromatic N) is 1. The number of nitrogens with one attached hydrogen (secondary N) is 3. The van der Waals surface area contributed by atoms with E-state index in [2.05, 4.69) is 45.2 Å². The van der Waals surface area contributed by atoms with Crippen molar-refractivity contribution < 1.29 is 33.3 Å². The topological polar surface area (TPSA) is 137 Å². The van der Waals surface area contributed by atoms with Crippen molar-refractivity contribution >= 4 is 23.4 Å². The molecule has 0 spiro atoms. The number of benzene rings is 3. The van der Waals surface area contributed by atoms with Gasteiger partial charge in [-0.2, -0.15) is 0 Å². The van der Waals surface area contributed by atoms with Gasteiger partial charge in [-0.1, -0.05) is 30.3 Å². The fourth-order valence-corrected chi connectivity index (χ4v) is 9.64. The maximum atomic E-state index is 12.9. The molecule has 4 saturated carbocycles. The molecule has 11 heteroatoms. The number of carbonyl (C=O) groups is 3. The molecule has 1 aromatic heterocycles. The number of amides is 3. The first-order valence-electron chi connectivity index (χ1n) is 22.7. The number of rotatable bonds is 15. The SMILES string of the molecule is COc1ccc(C2CCC(C(=O)NCc3ccccc3NC(C)=O)C2)cc1OC1CCCC1.COc1ccc(C2CCC(C(=O)NCc3ccncc3)C2)cc1OC1CCCC1. The van der Waals surface area contributed by atoms with Crippen LogP contribution in [0.2, 0.25) is 0 Å². The highest BCUT2D eigenvalue weighted by Crippen LogP contribution is 2.43. The lowest BCUT2D eigenvalue weighted by Gasteiger charge is -2.19. The van der Waals surface area contributed by atoms with Gasteiger partial charge in [0.15, 0.2) is 23.0 Å². The van der Waals surface area contributed by atoms with Crippen LogP contribution in [0.3, 0.4) is 0 Å². The summed E-state index contributed by atoms with van der Waals surface area (Å²) in [7, 11) is 3.37. The molecule has 4 aliphatic rings. The van der Waals surface area contributed by atoms with Gasteiger partial charge < -0.3 is 34.9 Å². The standard InChI is InChI=1S/C27H34N2O4.C24H30N2O3/c1-18(30)29-24-10-6-3-7-22(24)17-28-27(31)21-12-11-19(15-21)20-13-14-25(32-2)26(16-20)33-23-8-4-5-9-23;1-28-22-9-8-19(15-23(22)29-21-4-2-3-5-21)18-6-7-20(14-18)24(27)26-16-17-10-12-25-13-11-17/h3,6-7,10,13-14,16,19,21,23H,4-5,8-9,11-12,15,17H2,1-2H3,(H,28,31)(H,29,30);8-13,15,18,20-21H,2-7,14,16H2,1H3,(H,26,27). The van der Waals surface area contributed by atoms with Crippen molar-refractivity contribution in [3.05, 3.63) is 107 Å². The lowest BCUT2D eigenvalue weighted by Crippen LogP contribution is -2.29. The molecule has 4 aliphatic carbocycles. The molecule has 4 atom stereocenters. The Morgan fingerprint density at radius 3 is 1.60 bits per heavy atom. The number of pyridine rings is 1. The molecular formula is C51H64N4O7. The van der Waals surface area contributed by atoms with E-state index in [4.69, 9.17) is 18.9 Å². The van der Waals surface area contributed by atoms with Crippen LogP contribution in [-0.2, 0) is 27.5 Å². The zero-order valence-corrected chi connectivity index (χ0v) is 36.7. The summed E-state index contributed by atoms with van der Waals surface area (Å²) >= 11 is 0. The highest BCUT2D eigenvalue weighted by atomic mass is 16.5. The molecule has 4 fully saturated rings. The first kappa shape index (κ1) is 44.5. The predicted molar refractivity (Wildman–Crippen MR) is 241 cm³/mol. The average molecular weight is 845 g/mol. The van der Waals surface area contributed by atoms with E-state index in [9.17, 15) is 14.4 Å². The van der Waals surface area contributed by atoms with Gasteiger partial charge in [0, 0.05) is 49.9 Å². The van der Waals surface area contributed by atoms with Crippen LogP contribution in [0, 0.1) is 11.8 Å². The Morgan fingerprint density at radius 1 is 0.597 bits per heavy atom. The van der Waals surface area contributed by atoms with Gasteiger partial charge in [-0.05, 0) is 166 Å². The van der Waals surface area contributed by atoms with Crippen LogP contribution in [0.25, 0.3) is 0 Å². The number of methoxy groups -OCH3 is 2. The second kappa shape index (κ2) is 22.0. The first-order chi connectivity index (χ1) is 30.3. The van der Waals surface area contributed by atoms with E-state index in [1.54, 1.807) is 26.6 Å². The number of carbonyl (C=O) groups excluding carboxylic acids is 3. The summed E-state index contributed by atoms with van der Waals surface area (Å²) in [4.78, 5) is 40.9. The second-order valence-electron chi connectivity index (χ2n) is 17.4. The van der Waals surface area contributed by atoms with Crippen LogP contribution in [-0.4, -0.2) is 49.1 Å². The number of anilines is 1. The molecule has 0 aliphatic heterocycles. The van der Waals surface area contributed by atoms with Gasteiger partial charge in [-0.15, -0.1) is 0 Å². The van der Waals surface area contributed by atoms with Gasteiger partial charge in [-0.25, -0.2) is 0 Å². The molecule has 0 bridgehead atoms. The Hall–Kier alpha value is -5.58. The maximum Gasteiger partial charge on any atom is 0.223 e. The summed E-state index contributed by atoms with van der Waals surface area (Å²) in [5.41, 5.74) is 5.19. The smallest absolute Gasteiger partial charge is 0.223 e. The molecule has 8 rings (SSSR count). The monoisotopic (exact) mass is 844 g/mol. The van der Waals surface area contributed by atoms with Crippen LogP contribution in [0.1, 0.15) is 131 Å². The number of para-hydroxylation sites is 1. The van der Waals surface area contributed by atoms with Crippen molar-refractivity contribution in [3.63, 3.8) is 0 Å². The number of hydrogen-bond donors (Lipinski definition) is 3. The zero-order chi connectivity index (χ0) is 43.3. The Morgan fingerprint density at radius 2 is 1.10 bits per heavy atom. The van der Waals surface area contributed by atoms with Gasteiger partial charge in [0.1, 0.15) is 0 Å². The van der Waals surface area contributed by atoms with Crippen molar-refractivity contribution in [1.82, 2.24) is 15.6 Å². The molecule has 3 aromatic carbocycles. The molecule has 4 aromatic rings. The number of ether oxygens (including phenoxy) is 4. The molecule has 330 valence electrons. The maximum absolute atomic E-state index is 12.9. The van der Waals surface area contributed by atoms with Crippen molar-refractivity contribution in [2.45, 2.75) is 134 Å². The Balaban J connectivity index is 0.000000188. The highest BCUT2D eigenvalue weighted by molar-refractivity contribution is 5.89. The third kappa shape index (κ3) is 12.1. The van der Waals surface area contributed by atoms with E-state index in [0.717, 1.165) is 104 Å².